The van der Waals surface area contributed by atoms with Gasteiger partial charge in [0.05, 0.1) is 16.0 Å². The Morgan fingerprint density at radius 2 is 1.39 bits per heavy atom. The minimum atomic E-state index is -4.42. The van der Waals surface area contributed by atoms with E-state index in [0.29, 0.717) is 10.5 Å². The maximum Gasteiger partial charge on any atom is 0.262 e. The Morgan fingerprint density at radius 1 is 0.842 bits per heavy atom. The molecule has 2 heterocycles. The van der Waals surface area contributed by atoms with Crippen molar-refractivity contribution in [2.75, 3.05) is 0 Å². The Balaban J connectivity index is 1.53. The second-order valence-electron chi connectivity index (χ2n) is 9.10. The summed E-state index contributed by atoms with van der Waals surface area (Å²) in [7, 11) is -4.42. The number of hydrogen-bond acceptors (Lipinski definition) is 9. The average molecular weight is 556 g/mol. The van der Waals surface area contributed by atoms with Crippen molar-refractivity contribution >= 4 is 33.4 Å². The first kappa shape index (κ1) is 26.5. The van der Waals surface area contributed by atoms with Crippen LogP contribution in [0.1, 0.15) is 26.3 Å². The number of hydrogen-bond donors (Lipinski definition) is 3. The Hall–Kier alpha value is -3.06. The summed E-state index contributed by atoms with van der Waals surface area (Å²) in [4.78, 5) is 27.8. The molecule has 2 aliphatic rings. The van der Waals surface area contributed by atoms with E-state index in [1.807, 2.05) is 0 Å². The molecule has 0 bridgehead atoms. The minimum Gasteiger partial charge on any atom is -0.388 e. The van der Waals surface area contributed by atoms with Crippen molar-refractivity contribution in [3.8, 4) is 0 Å². The fourth-order valence-electron chi connectivity index (χ4n) is 4.78. The maximum absolute atomic E-state index is 13.3. The highest BCUT2D eigenvalue weighted by Crippen LogP contribution is 2.40. The van der Waals surface area contributed by atoms with Crippen LogP contribution < -0.4 is 0 Å². The lowest BCUT2D eigenvalue weighted by atomic mass is 9.96. The number of ether oxygens (including phenoxy) is 1. The summed E-state index contributed by atoms with van der Waals surface area (Å²) in [6.45, 7) is 1.57. The van der Waals surface area contributed by atoms with Gasteiger partial charge in [-0.25, -0.2) is 8.42 Å². The summed E-state index contributed by atoms with van der Waals surface area (Å²) in [5.74, 6) is -1.34. The number of aryl methyl sites for hydroxylation is 1. The largest absolute Gasteiger partial charge is 0.388 e. The Bertz CT molecular complexity index is 1440. The van der Waals surface area contributed by atoms with Crippen LogP contribution in [0, 0.1) is 6.92 Å². The van der Waals surface area contributed by atoms with Crippen LogP contribution in [0.4, 0.5) is 0 Å². The zero-order valence-electron chi connectivity index (χ0n) is 20.1. The lowest BCUT2D eigenvalue weighted by Crippen LogP contribution is -2.66. The molecule has 0 radical (unpaired) electrons. The summed E-state index contributed by atoms with van der Waals surface area (Å²) >= 11 is 1.03. The Kier molecular flexibility index (Phi) is 7.16. The molecule has 3 aromatic carbocycles. The Morgan fingerprint density at radius 3 is 2.00 bits per heavy atom. The van der Waals surface area contributed by atoms with Gasteiger partial charge in [-0.3, -0.25) is 14.5 Å². The number of fused-ring (bicyclic) bond motifs is 1. The molecule has 2 aliphatic heterocycles. The number of benzene rings is 3. The number of aliphatic hydroxyl groups is 3. The molecule has 198 valence electrons. The standard InChI is InChI=1S/C27H25NO8S2/c1-15-9-5-8-14-19(15)38(34,35)26(33)23-22(30)21(29)20(27(36-23)37-16-10-3-2-4-11-16)28-24(31)17-12-6-7-13-18(17)25(28)32/h2-14,20-23,26-27,29-30,33H,1H3/t20-,21-,22+,23+,26?,27+/m1/s1. The first-order valence-electron chi connectivity index (χ1n) is 11.8. The van der Waals surface area contributed by atoms with Crippen molar-refractivity contribution < 1.29 is 38.1 Å². The summed E-state index contributed by atoms with van der Waals surface area (Å²) in [6, 6.07) is 19.6. The van der Waals surface area contributed by atoms with Gasteiger partial charge in [-0.1, -0.05) is 60.3 Å². The van der Waals surface area contributed by atoms with Gasteiger partial charge < -0.3 is 20.1 Å². The molecular formula is C27H25NO8S2. The van der Waals surface area contributed by atoms with E-state index in [2.05, 4.69) is 0 Å². The van der Waals surface area contributed by atoms with Gasteiger partial charge in [-0.05, 0) is 42.8 Å². The van der Waals surface area contributed by atoms with Gasteiger partial charge >= 0.3 is 0 Å². The van der Waals surface area contributed by atoms with E-state index in [1.165, 1.54) is 24.3 Å². The molecule has 38 heavy (non-hydrogen) atoms. The highest BCUT2D eigenvalue weighted by atomic mass is 32.2. The fraction of sp³-hybridized carbons (Fsp3) is 0.259. The second-order valence-corrected chi connectivity index (χ2v) is 12.3. The van der Waals surface area contributed by atoms with E-state index in [9.17, 15) is 33.3 Å². The molecular weight excluding hydrogens is 530 g/mol. The highest BCUT2D eigenvalue weighted by Gasteiger charge is 2.56. The summed E-state index contributed by atoms with van der Waals surface area (Å²) < 4.78 is 32.6. The van der Waals surface area contributed by atoms with Gasteiger partial charge in [0, 0.05) is 4.90 Å². The van der Waals surface area contributed by atoms with Crippen LogP contribution in [0.2, 0.25) is 0 Å². The molecule has 3 aromatic rings. The molecule has 1 fully saturated rings. The average Bonchev–Trinajstić information content (AvgIpc) is 3.16. The normalized spacial score (nSPS) is 26.3. The number of sulfone groups is 1. The van der Waals surface area contributed by atoms with E-state index in [-0.39, 0.29) is 16.0 Å². The third-order valence-electron chi connectivity index (χ3n) is 6.72. The third kappa shape index (κ3) is 4.45. The van der Waals surface area contributed by atoms with Crippen LogP contribution in [-0.2, 0) is 14.6 Å². The lowest BCUT2D eigenvalue weighted by Gasteiger charge is -2.46. The van der Waals surface area contributed by atoms with E-state index in [1.54, 1.807) is 61.5 Å². The molecule has 11 heteroatoms. The van der Waals surface area contributed by atoms with Crippen molar-refractivity contribution in [2.24, 2.45) is 0 Å². The molecule has 0 aliphatic carbocycles. The van der Waals surface area contributed by atoms with Crippen molar-refractivity contribution in [2.45, 2.75) is 51.9 Å². The van der Waals surface area contributed by atoms with Crippen LogP contribution in [0.25, 0.3) is 0 Å². The SMILES string of the molecule is Cc1ccccc1S(=O)(=O)C(O)[C@H]1O[C@@H](Sc2ccccc2)[C@H](N2C(=O)c3ccccc3C2=O)[C@@H](O)[C@@H]1O. The second kappa shape index (κ2) is 10.3. The van der Waals surface area contributed by atoms with Crippen molar-refractivity contribution in [1.29, 1.82) is 0 Å². The number of thioether (sulfide) groups is 1. The molecule has 1 unspecified atom stereocenters. The van der Waals surface area contributed by atoms with Crippen LogP contribution in [-0.4, -0.2) is 75.7 Å². The quantitative estimate of drug-likeness (QED) is 0.389. The monoisotopic (exact) mass is 555 g/mol. The van der Waals surface area contributed by atoms with Gasteiger partial charge in [0.2, 0.25) is 9.84 Å². The zero-order valence-corrected chi connectivity index (χ0v) is 21.7. The lowest BCUT2D eigenvalue weighted by molar-refractivity contribution is -0.187. The third-order valence-corrected chi connectivity index (χ3v) is 9.87. The van der Waals surface area contributed by atoms with E-state index >= 15 is 0 Å². The number of amides is 2. The molecule has 3 N–H and O–H groups in total. The number of rotatable bonds is 6. The molecule has 0 saturated carbocycles. The van der Waals surface area contributed by atoms with Gasteiger partial charge in [0.25, 0.3) is 11.8 Å². The van der Waals surface area contributed by atoms with Crippen molar-refractivity contribution in [3.05, 3.63) is 95.6 Å². The smallest absolute Gasteiger partial charge is 0.262 e. The molecule has 1 saturated heterocycles. The number of carbonyl (C=O) groups is 2. The molecule has 2 amide bonds. The summed E-state index contributed by atoms with van der Waals surface area (Å²) in [6.07, 6.45) is -5.54. The van der Waals surface area contributed by atoms with Crippen LogP contribution in [0.5, 0.6) is 0 Å². The van der Waals surface area contributed by atoms with Gasteiger partial charge in [0.1, 0.15) is 29.8 Å². The topological polar surface area (TPSA) is 141 Å². The number of carbonyl (C=O) groups excluding carboxylic acids is 2. The molecule has 9 nitrogen and oxygen atoms in total. The molecule has 0 spiro atoms. The van der Waals surface area contributed by atoms with E-state index in [0.717, 1.165) is 16.7 Å². The van der Waals surface area contributed by atoms with Crippen LogP contribution >= 0.6 is 11.8 Å². The van der Waals surface area contributed by atoms with Crippen LogP contribution in [0.15, 0.2) is 88.7 Å². The fourth-order valence-corrected chi connectivity index (χ4v) is 7.59. The first-order chi connectivity index (χ1) is 18.1. The first-order valence-corrected chi connectivity index (χ1v) is 14.2. The number of imide groups is 1. The van der Waals surface area contributed by atoms with Crippen molar-refractivity contribution in [3.63, 3.8) is 0 Å². The Labute approximate surface area is 223 Å². The highest BCUT2D eigenvalue weighted by molar-refractivity contribution is 7.99. The summed E-state index contributed by atoms with van der Waals surface area (Å²) in [5, 5.41) is 33.3. The van der Waals surface area contributed by atoms with Gasteiger partial charge in [0.15, 0.2) is 5.44 Å². The minimum absolute atomic E-state index is 0.145. The summed E-state index contributed by atoms with van der Waals surface area (Å²) in [5.41, 5.74) is -2.78. The van der Waals surface area contributed by atoms with E-state index < -0.39 is 56.9 Å². The maximum atomic E-state index is 13.3. The molecule has 6 atom stereocenters. The number of aliphatic hydroxyl groups excluding tert-OH is 3. The zero-order chi connectivity index (χ0) is 27.2. The van der Waals surface area contributed by atoms with Gasteiger partial charge in [-0.15, -0.1) is 0 Å². The molecule has 0 aromatic heterocycles. The van der Waals surface area contributed by atoms with Crippen LogP contribution in [0.3, 0.4) is 0 Å². The van der Waals surface area contributed by atoms with E-state index in [4.69, 9.17) is 4.74 Å². The van der Waals surface area contributed by atoms with Gasteiger partial charge in [-0.2, -0.15) is 0 Å². The van der Waals surface area contributed by atoms with Crippen molar-refractivity contribution in [1.82, 2.24) is 4.90 Å². The predicted molar refractivity (Wildman–Crippen MR) is 138 cm³/mol. The predicted octanol–water partition coefficient (Wildman–Crippen LogP) is 1.99. The number of nitrogens with zero attached hydrogens (tertiary/aromatic N) is 1. The molecule has 5 rings (SSSR count).